The molecule has 0 aromatic heterocycles. The number of rotatable bonds is 5. The summed E-state index contributed by atoms with van der Waals surface area (Å²) in [7, 11) is 0. The molecule has 0 spiro atoms. The average Bonchev–Trinajstić information content (AvgIpc) is 3.33. The highest BCUT2D eigenvalue weighted by Crippen LogP contribution is 2.51. The number of allylic oxidation sites excluding steroid dienone is 2. The predicted molar refractivity (Wildman–Crippen MR) is 126 cm³/mol. The number of non-ortho nitro benzene ring substituents is 1. The lowest BCUT2D eigenvalue weighted by Gasteiger charge is -2.37. The molecule has 3 aromatic carbocycles. The Morgan fingerprint density at radius 3 is 2.61 bits per heavy atom. The third-order valence-electron chi connectivity index (χ3n) is 6.55. The molecule has 1 aliphatic carbocycles. The van der Waals surface area contributed by atoms with Crippen LogP contribution in [-0.4, -0.2) is 4.92 Å². The van der Waals surface area contributed by atoms with Crippen molar-refractivity contribution in [2.75, 3.05) is 5.32 Å². The smallest absolute Gasteiger partial charge is 0.271 e. The third kappa shape index (κ3) is 3.94. The van der Waals surface area contributed by atoms with Crippen LogP contribution in [0.4, 0.5) is 11.4 Å². The van der Waals surface area contributed by atoms with E-state index < -0.39 is 4.92 Å². The SMILES string of the molecule is Cc1ccc(COc2ccc([C@@H]3Nc4c(C#N)cc([N+](=O)[O-])cc4[C@@H]4C=CC[C@@H]43)cc2)cc1. The predicted octanol–water partition coefficient (Wildman–Crippen LogP) is 6.18. The van der Waals surface area contributed by atoms with Gasteiger partial charge in [0.2, 0.25) is 0 Å². The first-order valence-electron chi connectivity index (χ1n) is 11.0. The molecule has 6 heteroatoms. The summed E-state index contributed by atoms with van der Waals surface area (Å²) in [6, 6.07) is 21.4. The van der Waals surface area contributed by atoms with Gasteiger partial charge >= 0.3 is 0 Å². The zero-order valence-electron chi connectivity index (χ0n) is 18.2. The van der Waals surface area contributed by atoms with Crippen molar-refractivity contribution in [3.8, 4) is 11.8 Å². The first kappa shape index (κ1) is 20.8. The fraction of sp³-hybridized carbons (Fsp3) is 0.222. The van der Waals surface area contributed by atoms with Crippen molar-refractivity contribution in [3.63, 3.8) is 0 Å². The van der Waals surface area contributed by atoms with Gasteiger partial charge in [0.15, 0.2) is 0 Å². The maximum atomic E-state index is 11.4. The van der Waals surface area contributed by atoms with E-state index in [1.807, 2.05) is 12.1 Å². The fourth-order valence-electron chi connectivity index (χ4n) is 4.83. The van der Waals surface area contributed by atoms with E-state index in [2.05, 4.69) is 66.9 Å². The van der Waals surface area contributed by atoms with Gasteiger partial charge < -0.3 is 10.1 Å². The quantitative estimate of drug-likeness (QED) is 0.292. The second-order valence-corrected chi connectivity index (χ2v) is 8.65. The minimum atomic E-state index is -0.434. The lowest BCUT2D eigenvalue weighted by atomic mass is 9.76. The van der Waals surface area contributed by atoms with Gasteiger partial charge in [0.25, 0.3) is 5.69 Å². The van der Waals surface area contributed by atoms with Crippen LogP contribution < -0.4 is 10.1 Å². The second kappa shape index (κ2) is 8.44. The monoisotopic (exact) mass is 437 g/mol. The van der Waals surface area contributed by atoms with Crippen LogP contribution in [0.15, 0.2) is 72.8 Å². The molecule has 0 unspecified atom stereocenters. The van der Waals surface area contributed by atoms with Crippen LogP contribution in [0.25, 0.3) is 0 Å². The van der Waals surface area contributed by atoms with Gasteiger partial charge in [-0.3, -0.25) is 10.1 Å². The Balaban J connectivity index is 1.40. The van der Waals surface area contributed by atoms with Crippen molar-refractivity contribution < 1.29 is 9.66 Å². The zero-order chi connectivity index (χ0) is 22.9. The Morgan fingerprint density at radius 1 is 1.15 bits per heavy atom. The number of hydrogen-bond donors (Lipinski definition) is 1. The summed E-state index contributed by atoms with van der Waals surface area (Å²) in [6.07, 6.45) is 5.11. The van der Waals surface area contributed by atoms with Crippen LogP contribution in [-0.2, 0) is 6.61 Å². The molecule has 1 heterocycles. The Labute approximate surface area is 192 Å². The molecule has 2 aliphatic rings. The molecule has 0 saturated carbocycles. The highest BCUT2D eigenvalue weighted by Gasteiger charge is 2.39. The van der Waals surface area contributed by atoms with Gasteiger partial charge in [-0.25, -0.2) is 0 Å². The molecule has 0 bridgehead atoms. The van der Waals surface area contributed by atoms with Crippen LogP contribution in [0, 0.1) is 34.3 Å². The van der Waals surface area contributed by atoms with Gasteiger partial charge in [0.05, 0.1) is 22.2 Å². The zero-order valence-corrected chi connectivity index (χ0v) is 18.2. The van der Waals surface area contributed by atoms with Crippen molar-refractivity contribution in [3.05, 3.63) is 111 Å². The number of anilines is 1. The van der Waals surface area contributed by atoms with E-state index in [4.69, 9.17) is 4.74 Å². The molecule has 0 fully saturated rings. The molecule has 0 saturated heterocycles. The van der Waals surface area contributed by atoms with Gasteiger partial charge in [0.1, 0.15) is 18.4 Å². The van der Waals surface area contributed by atoms with E-state index in [-0.39, 0.29) is 23.6 Å². The van der Waals surface area contributed by atoms with E-state index in [9.17, 15) is 15.4 Å². The summed E-state index contributed by atoms with van der Waals surface area (Å²) in [5, 5.41) is 24.6. The van der Waals surface area contributed by atoms with Crippen LogP contribution >= 0.6 is 0 Å². The molecule has 33 heavy (non-hydrogen) atoms. The molecule has 164 valence electrons. The van der Waals surface area contributed by atoms with E-state index in [0.29, 0.717) is 17.9 Å². The number of nitrogens with zero attached hydrogens (tertiary/aromatic N) is 2. The number of hydrogen-bond acceptors (Lipinski definition) is 5. The number of nitro benzene ring substituents is 1. The molecule has 0 radical (unpaired) electrons. The summed E-state index contributed by atoms with van der Waals surface area (Å²) >= 11 is 0. The van der Waals surface area contributed by atoms with Crippen LogP contribution in [0.3, 0.4) is 0 Å². The van der Waals surface area contributed by atoms with Crippen LogP contribution in [0.2, 0.25) is 0 Å². The van der Waals surface area contributed by atoms with E-state index in [1.54, 1.807) is 6.07 Å². The molecule has 6 nitrogen and oxygen atoms in total. The molecule has 5 rings (SSSR count). The van der Waals surface area contributed by atoms with Gasteiger partial charge in [-0.05, 0) is 48.1 Å². The summed E-state index contributed by atoms with van der Waals surface area (Å²) in [4.78, 5) is 10.9. The molecule has 3 aromatic rings. The number of benzene rings is 3. The number of nitro groups is 1. The largest absolute Gasteiger partial charge is 0.489 e. The summed E-state index contributed by atoms with van der Waals surface area (Å²) in [5.41, 5.74) is 5.23. The number of fused-ring (bicyclic) bond motifs is 3. The minimum Gasteiger partial charge on any atom is -0.489 e. The maximum Gasteiger partial charge on any atom is 0.271 e. The first-order valence-corrected chi connectivity index (χ1v) is 11.0. The van der Waals surface area contributed by atoms with Crippen molar-refractivity contribution in [1.82, 2.24) is 0 Å². The van der Waals surface area contributed by atoms with Crippen LogP contribution in [0.1, 0.15) is 46.2 Å². The number of nitriles is 1. The van der Waals surface area contributed by atoms with Crippen LogP contribution in [0.5, 0.6) is 5.75 Å². The Bertz CT molecular complexity index is 1270. The van der Waals surface area contributed by atoms with Crippen molar-refractivity contribution in [2.24, 2.45) is 5.92 Å². The standard InChI is InChI=1S/C27H23N3O3/c1-17-5-7-18(8-6-17)16-33-22-11-9-19(10-12-22)26-24-4-2-3-23(24)25-14-21(30(31)32)13-20(15-28)27(25)29-26/h2-3,5-14,23-24,26,29H,4,16H2,1H3/t23-,24+,26+/m1/s1. The van der Waals surface area contributed by atoms with Gasteiger partial charge in [-0.15, -0.1) is 0 Å². The topological polar surface area (TPSA) is 88.2 Å². The van der Waals surface area contributed by atoms with E-state index >= 15 is 0 Å². The molecule has 0 amide bonds. The summed E-state index contributed by atoms with van der Waals surface area (Å²) in [5.74, 6) is 1.06. The van der Waals surface area contributed by atoms with Crippen molar-refractivity contribution in [2.45, 2.75) is 31.9 Å². The summed E-state index contributed by atoms with van der Waals surface area (Å²) < 4.78 is 5.95. The van der Waals surface area contributed by atoms with Crippen molar-refractivity contribution >= 4 is 11.4 Å². The second-order valence-electron chi connectivity index (χ2n) is 8.65. The summed E-state index contributed by atoms with van der Waals surface area (Å²) in [6.45, 7) is 2.57. The van der Waals surface area contributed by atoms with E-state index in [1.165, 1.54) is 11.6 Å². The minimum absolute atomic E-state index is 0.00259. The molecule has 1 aliphatic heterocycles. The van der Waals surface area contributed by atoms with Crippen molar-refractivity contribution in [1.29, 1.82) is 5.26 Å². The average molecular weight is 437 g/mol. The first-order chi connectivity index (χ1) is 16.0. The number of ether oxygens (including phenoxy) is 1. The van der Waals surface area contributed by atoms with Gasteiger partial charge in [-0.2, -0.15) is 5.26 Å². The Kier molecular flexibility index (Phi) is 5.31. The lowest BCUT2D eigenvalue weighted by Crippen LogP contribution is -2.29. The Morgan fingerprint density at radius 2 is 1.91 bits per heavy atom. The third-order valence-corrected chi connectivity index (χ3v) is 6.55. The molecular weight excluding hydrogens is 414 g/mol. The molecular formula is C27H23N3O3. The van der Waals surface area contributed by atoms with Gasteiger partial charge in [0, 0.05) is 18.1 Å². The maximum absolute atomic E-state index is 11.4. The fourth-order valence-corrected chi connectivity index (χ4v) is 4.83. The normalized spacial score (nSPS) is 20.3. The molecule has 1 N–H and O–H groups in total. The highest BCUT2D eigenvalue weighted by molar-refractivity contribution is 5.71. The Hall–Kier alpha value is -4.11. The van der Waals surface area contributed by atoms with E-state index in [0.717, 1.165) is 28.9 Å². The number of nitrogens with one attached hydrogen (secondary N) is 1. The molecule has 3 atom stereocenters. The number of aryl methyl sites for hydroxylation is 1. The highest BCUT2D eigenvalue weighted by atomic mass is 16.6. The lowest BCUT2D eigenvalue weighted by molar-refractivity contribution is -0.384. The van der Waals surface area contributed by atoms with Gasteiger partial charge in [-0.1, -0.05) is 54.1 Å².